The van der Waals surface area contributed by atoms with E-state index in [2.05, 4.69) is 55.6 Å². The van der Waals surface area contributed by atoms with Gasteiger partial charge in [0.2, 0.25) is 5.91 Å². The first-order chi connectivity index (χ1) is 27.5. The lowest BCUT2D eigenvalue weighted by molar-refractivity contribution is -0.143. The Bertz CT molecular complexity index is 915. The average molecular weight is 788 g/mol. The summed E-state index contributed by atoms with van der Waals surface area (Å²) < 4.78 is 5.44. The van der Waals surface area contributed by atoms with Crippen molar-refractivity contribution in [1.82, 2.24) is 5.32 Å². The molecule has 0 aromatic heterocycles. The highest BCUT2D eigenvalue weighted by Gasteiger charge is 2.20. The summed E-state index contributed by atoms with van der Waals surface area (Å²) in [6.45, 7) is 4.84. The number of allylic oxidation sites excluding steroid dienone is 6. The fourth-order valence-corrected chi connectivity index (χ4v) is 7.12. The van der Waals surface area contributed by atoms with Gasteiger partial charge < -0.3 is 20.3 Å². The zero-order valence-electron chi connectivity index (χ0n) is 37.1. The van der Waals surface area contributed by atoms with Gasteiger partial charge in [0.25, 0.3) is 0 Å². The molecule has 1 amide bonds. The van der Waals surface area contributed by atoms with Crippen molar-refractivity contribution in [2.24, 2.45) is 0 Å². The minimum absolute atomic E-state index is 0.0185. The standard InChI is InChI=1S/C50H93NO5/c1-3-5-7-9-11-13-14-15-21-24-28-32-36-40-44-50(55)56-45-41-37-33-29-25-22-19-17-16-18-20-23-27-31-35-39-43-49(54)51-47(46-52)48(53)42-38-34-30-26-12-10-8-6-4-2/h9,11,14-16,18,47-48,52-53H,3-8,10,12-13,17,19-46H2,1-2H3,(H,51,54)/b11-9-,15-14-,18-16-. The van der Waals surface area contributed by atoms with E-state index in [1.54, 1.807) is 0 Å². The van der Waals surface area contributed by atoms with E-state index in [9.17, 15) is 19.8 Å². The zero-order chi connectivity index (χ0) is 40.8. The van der Waals surface area contributed by atoms with Crippen molar-refractivity contribution >= 4 is 11.9 Å². The third kappa shape index (κ3) is 41.7. The summed E-state index contributed by atoms with van der Waals surface area (Å²) in [5.74, 6) is -0.0750. The first-order valence-corrected chi connectivity index (χ1v) is 24.2. The third-order valence-corrected chi connectivity index (χ3v) is 10.9. The molecular formula is C50H93NO5. The van der Waals surface area contributed by atoms with Gasteiger partial charge in [0, 0.05) is 12.8 Å². The number of ether oxygens (including phenoxy) is 1. The van der Waals surface area contributed by atoms with Crippen LogP contribution < -0.4 is 5.32 Å². The summed E-state index contributed by atoms with van der Waals surface area (Å²) in [7, 11) is 0. The van der Waals surface area contributed by atoms with Gasteiger partial charge in [-0.2, -0.15) is 0 Å². The highest BCUT2D eigenvalue weighted by molar-refractivity contribution is 5.76. The first kappa shape index (κ1) is 54.1. The summed E-state index contributed by atoms with van der Waals surface area (Å²) >= 11 is 0. The molecule has 2 unspecified atom stereocenters. The molecule has 0 spiro atoms. The predicted molar refractivity (Wildman–Crippen MR) is 241 cm³/mol. The number of hydrogen-bond donors (Lipinski definition) is 3. The summed E-state index contributed by atoms with van der Waals surface area (Å²) in [5, 5.41) is 23.0. The molecule has 0 aromatic rings. The Balaban J connectivity index is 3.47. The van der Waals surface area contributed by atoms with Gasteiger partial charge in [0.05, 0.1) is 25.4 Å². The molecule has 0 aliphatic heterocycles. The molecule has 56 heavy (non-hydrogen) atoms. The second-order valence-corrected chi connectivity index (χ2v) is 16.4. The lowest BCUT2D eigenvalue weighted by Gasteiger charge is -2.22. The molecule has 0 saturated heterocycles. The zero-order valence-corrected chi connectivity index (χ0v) is 37.1. The van der Waals surface area contributed by atoms with Gasteiger partial charge >= 0.3 is 5.97 Å². The molecule has 0 rings (SSSR count). The van der Waals surface area contributed by atoms with Gasteiger partial charge in [-0.15, -0.1) is 0 Å². The van der Waals surface area contributed by atoms with Crippen molar-refractivity contribution in [1.29, 1.82) is 0 Å². The number of amides is 1. The van der Waals surface area contributed by atoms with Gasteiger partial charge in [-0.1, -0.05) is 192 Å². The van der Waals surface area contributed by atoms with Crippen LogP contribution in [0.2, 0.25) is 0 Å². The quantitative estimate of drug-likeness (QED) is 0.0325. The van der Waals surface area contributed by atoms with Crippen LogP contribution in [0, 0.1) is 0 Å². The van der Waals surface area contributed by atoms with Crippen molar-refractivity contribution < 1.29 is 24.5 Å². The lowest BCUT2D eigenvalue weighted by Crippen LogP contribution is -2.45. The molecule has 0 aliphatic rings. The minimum atomic E-state index is -0.673. The Kier molecular flexibility index (Phi) is 44.2. The van der Waals surface area contributed by atoms with Crippen LogP contribution in [0.25, 0.3) is 0 Å². The summed E-state index contributed by atoms with van der Waals surface area (Å²) in [6, 6.07) is -0.552. The Morgan fingerprint density at radius 2 is 0.911 bits per heavy atom. The molecule has 0 heterocycles. The molecule has 6 heteroatoms. The maximum Gasteiger partial charge on any atom is 0.305 e. The number of aliphatic hydroxyl groups excluding tert-OH is 2. The molecule has 328 valence electrons. The van der Waals surface area contributed by atoms with E-state index in [-0.39, 0.29) is 18.5 Å². The Morgan fingerprint density at radius 3 is 1.43 bits per heavy atom. The van der Waals surface area contributed by atoms with Gasteiger partial charge in [0.15, 0.2) is 0 Å². The molecular weight excluding hydrogens is 695 g/mol. The molecule has 0 bridgehead atoms. The maximum atomic E-state index is 12.4. The maximum absolute atomic E-state index is 12.4. The average Bonchev–Trinajstić information content (AvgIpc) is 3.20. The number of aliphatic hydroxyl groups is 2. The van der Waals surface area contributed by atoms with Crippen LogP contribution in [-0.2, 0) is 14.3 Å². The second kappa shape index (κ2) is 45.8. The molecule has 3 N–H and O–H groups in total. The van der Waals surface area contributed by atoms with Gasteiger partial charge in [-0.05, 0) is 77.0 Å². The van der Waals surface area contributed by atoms with E-state index in [1.165, 1.54) is 141 Å². The van der Waals surface area contributed by atoms with Crippen LogP contribution >= 0.6 is 0 Å². The highest BCUT2D eigenvalue weighted by atomic mass is 16.5. The molecule has 0 fully saturated rings. The topological polar surface area (TPSA) is 95.9 Å². The van der Waals surface area contributed by atoms with Crippen LogP contribution in [0.3, 0.4) is 0 Å². The molecule has 0 radical (unpaired) electrons. The Hall–Kier alpha value is -1.92. The molecule has 0 aromatic carbocycles. The molecule has 0 saturated carbocycles. The van der Waals surface area contributed by atoms with Crippen LogP contribution in [0.5, 0.6) is 0 Å². The smallest absolute Gasteiger partial charge is 0.305 e. The van der Waals surface area contributed by atoms with Crippen LogP contribution in [0.15, 0.2) is 36.5 Å². The van der Waals surface area contributed by atoms with Gasteiger partial charge in [0.1, 0.15) is 0 Å². The van der Waals surface area contributed by atoms with Crippen molar-refractivity contribution in [2.45, 2.75) is 257 Å². The Morgan fingerprint density at radius 1 is 0.500 bits per heavy atom. The largest absolute Gasteiger partial charge is 0.466 e. The third-order valence-electron chi connectivity index (χ3n) is 10.9. The first-order valence-electron chi connectivity index (χ1n) is 24.2. The van der Waals surface area contributed by atoms with Crippen molar-refractivity contribution in [2.75, 3.05) is 13.2 Å². The fourth-order valence-electron chi connectivity index (χ4n) is 7.12. The Labute approximate surface area is 347 Å². The monoisotopic (exact) mass is 788 g/mol. The number of nitrogens with one attached hydrogen (secondary N) is 1. The van der Waals surface area contributed by atoms with Gasteiger partial charge in [-0.25, -0.2) is 0 Å². The second-order valence-electron chi connectivity index (χ2n) is 16.4. The highest BCUT2D eigenvalue weighted by Crippen LogP contribution is 2.15. The van der Waals surface area contributed by atoms with Crippen molar-refractivity contribution in [3.05, 3.63) is 36.5 Å². The van der Waals surface area contributed by atoms with E-state index in [0.717, 1.165) is 70.6 Å². The normalized spacial score (nSPS) is 13.0. The SMILES string of the molecule is CCCC/C=C\C/C=C\CCCCCCCC(=O)OCCCCCCCCC/C=C\CCCCCCCC(=O)NC(CO)C(O)CCCCCCCCCCC. The summed E-state index contributed by atoms with van der Waals surface area (Å²) in [6.07, 6.45) is 54.0. The number of unbranched alkanes of at least 4 members (excludes halogenated alkanes) is 27. The van der Waals surface area contributed by atoms with Crippen molar-refractivity contribution in [3.63, 3.8) is 0 Å². The number of rotatable bonds is 44. The number of esters is 1. The number of carbonyl (C=O) groups is 2. The molecule has 2 atom stereocenters. The van der Waals surface area contributed by atoms with E-state index >= 15 is 0 Å². The van der Waals surface area contributed by atoms with Crippen LogP contribution in [0.4, 0.5) is 0 Å². The molecule has 6 nitrogen and oxygen atoms in total. The number of carbonyl (C=O) groups excluding carboxylic acids is 2. The van der Waals surface area contributed by atoms with Gasteiger partial charge in [-0.3, -0.25) is 9.59 Å². The fraction of sp³-hybridized carbons (Fsp3) is 0.840. The van der Waals surface area contributed by atoms with Crippen LogP contribution in [-0.4, -0.2) is 47.4 Å². The van der Waals surface area contributed by atoms with E-state index in [4.69, 9.17) is 4.74 Å². The predicted octanol–water partition coefficient (Wildman–Crippen LogP) is 14.1. The van der Waals surface area contributed by atoms with E-state index in [1.807, 2.05) is 0 Å². The summed E-state index contributed by atoms with van der Waals surface area (Å²) in [4.78, 5) is 24.4. The van der Waals surface area contributed by atoms with Crippen molar-refractivity contribution in [3.8, 4) is 0 Å². The minimum Gasteiger partial charge on any atom is -0.466 e. The lowest BCUT2D eigenvalue weighted by atomic mass is 10.0. The van der Waals surface area contributed by atoms with Crippen LogP contribution in [0.1, 0.15) is 245 Å². The van der Waals surface area contributed by atoms with E-state index < -0.39 is 12.1 Å². The summed E-state index contributed by atoms with van der Waals surface area (Å²) in [5.41, 5.74) is 0. The molecule has 0 aliphatic carbocycles. The number of hydrogen-bond acceptors (Lipinski definition) is 5. The van der Waals surface area contributed by atoms with E-state index in [0.29, 0.717) is 25.9 Å².